The molecule has 24 heavy (non-hydrogen) atoms. The van der Waals surface area contributed by atoms with Crippen LogP contribution in [0.15, 0.2) is 24.3 Å². The Hall–Kier alpha value is -1.88. The average molecular weight is 331 g/mol. The van der Waals surface area contributed by atoms with Gasteiger partial charge in [0.2, 0.25) is 0 Å². The van der Waals surface area contributed by atoms with Crippen molar-refractivity contribution in [3.8, 4) is 5.75 Å². The number of hydrogen-bond acceptors (Lipinski definition) is 4. The van der Waals surface area contributed by atoms with Crippen LogP contribution in [0.1, 0.15) is 48.9 Å². The number of Topliss-reactive ketones (excluding diaryl/α,β-unsaturated/α-hetero) is 1. The summed E-state index contributed by atoms with van der Waals surface area (Å²) in [4.78, 5) is 23.3. The van der Waals surface area contributed by atoms with Crippen molar-refractivity contribution >= 4 is 11.8 Å². The summed E-state index contributed by atoms with van der Waals surface area (Å²) in [5.74, 6) is 0.877. The molecule has 1 aromatic carbocycles. The van der Waals surface area contributed by atoms with Crippen LogP contribution < -0.4 is 10.1 Å². The van der Waals surface area contributed by atoms with Gasteiger partial charge in [0, 0.05) is 5.92 Å². The smallest absolute Gasteiger partial charge is 0.335 e. The van der Waals surface area contributed by atoms with E-state index in [0.717, 1.165) is 45.1 Å². The fourth-order valence-electron chi connectivity index (χ4n) is 3.73. The van der Waals surface area contributed by atoms with Crippen LogP contribution in [0, 0.1) is 11.8 Å². The summed E-state index contributed by atoms with van der Waals surface area (Å²) in [7, 11) is 0. The number of ketones is 1. The lowest BCUT2D eigenvalue weighted by Gasteiger charge is -2.29. The standard InChI is InChI=1S/C19H25NO4/c21-18(17-2-1-11-20-17)14-5-3-13(4-6-14)12-24-16-9-7-15(8-10-16)19(22)23/h7-10,13-14,17,20H,1-6,11-12H2,(H,22,23)/t13-,14-,17-/m0/s1. The summed E-state index contributed by atoms with van der Waals surface area (Å²) < 4.78 is 5.79. The minimum Gasteiger partial charge on any atom is -0.493 e. The first-order chi connectivity index (χ1) is 11.6. The molecule has 3 rings (SSSR count). The van der Waals surface area contributed by atoms with Crippen molar-refractivity contribution in [3.63, 3.8) is 0 Å². The first-order valence-corrected chi connectivity index (χ1v) is 8.87. The highest BCUT2D eigenvalue weighted by Gasteiger charge is 2.32. The molecule has 5 nitrogen and oxygen atoms in total. The van der Waals surface area contributed by atoms with Crippen LogP contribution in [-0.4, -0.2) is 36.1 Å². The fraction of sp³-hybridized carbons (Fsp3) is 0.579. The van der Waals surface area contributed by atoms with Crippen molar-refractivity contribution in [3.05, 3.63) is 29.8 Å². The zero-order valence-electron chi connectivity index (χ0n) is 13.9. The van der Waals surface area contributed by atoms with Gasteiger partial charge in [0.15, 0.2) is 5.78 Å². The summed E-state index contributed by atoms with van der Waals surface area (Å²) in [5.41, 5.74) is 0.266. The van der Waals surface area contributed by atoms with Gasteiger partial charge in [-0.25, -0.2) is 4.79 Å². The number of carboxylic acid groups (broad SMARTS) is 1. The van der Waals surface area contributed by atoms with Crippen molar-refractivity contribution in [2.45, 2.75) is 44.6 Å². The second-order valence-electron chi connectivity index (χ2n) is 6.91. The molecular formula is C19H25NO4. The van der Waals surface area contributed by atoms with E-state index in [4.69, 9.17) is 9.84 Å². The Kier molecular flexibility index (Phi) is 5.51. The molecule has 1 aromatic rings. The van der Waals surface area contributed by atoms with Crippen LogP contribution in [-0.2, 0) is 4.79 Å². The van der Waals surface area contributed by atoms with Gasteiger partial charge in [0.05, 0.1) is 18.2 Å². The molecule has 1 atom stereocenters. The van der Waals surface area contributed by atoms with E-state index < -0.39 is 5.97 Å². The van der Waals surface area contributed by atoms with Gasteiger partial charge in [-0.2, -0.15) is 0 Å². The number of carboxylic acids is 1. The molecule has 0 spiro atoms. The number of nitrogens with one attached hydrogen (secondary N) is 1. The minimum atomic E-state index is -0.929. The van der Waals surface area contributed by atoms with Gasteiger partial charge in [-0.1, -0.05) is 0 Å². The molecule has 2 aliphatic rings. The lowest BCUT2D eigenvalue weighted by molar-refractivity contribution is -0.125. The van der Waals surface area contributed by atoms with Crippen molar-refractivity contribution in [1.29, 1.82) is 0 Å². The van der Waals surface area contributed by atoms with Crippen molar-refractivity contribution in [1.82, 2.24) is 5.32 Å². The van der Waals surface area contributed by atoms with Crippen LogP contribution >= 0.6 is 0 Å². The van der Waals surface area contributed by atoms with Gasteiger partial charge in [0.25, 0.3) is 0 Å². The quantitative estimate of drug-likeness (QED) is 0.838. The lowest BCUT2D eigenvalue weighted by atomic mass is 9.78. The molecule has 0 unspecified atom stereocenters. The van der Waals surface area contributed by atoms with Crippen molar-refractivity contribution in [2.24, 2.45) is 11.8 Å². The Morgan fingerprint density at radius 3 is 2.38 bits per heavy atom. The zero-order chi connectivity index (χ0) is 16.9. The summed E-state index contributed by atoms with van der Waals surface area (Å²) in [6.45, 7) is 1.61. The summed E-state index contributed by atoms with van der Waals surface area (Å²) in [6, 6.07) is 6.61. The summed E-state index contributed by atoms with van der Waals surface area (Å²) in [5, 5.41) is 12.2. The van der Waals surface area contributed by atoms with E-state index >= 15 is 0 Å². The minimum absolute atomic E-state index is 0.0931. The third kappa shape index (κ3) is 4.15. The number of rotatable bonds is 6. The Morgan fingerprint density at radius 2 is 1.79 bits per heavy atom. The highest BCUT2D eigenvalue weighted by Crippen LogP contribution is 2.31. The molecule has 2 fully saturated rings. The third-order valence-electron chi connectivity index (χ3n) is 5.24. The number of aromatic carboxylic acids is 1. The first-order valence-electron chi connectivity index (χ1n) is 8.87. The largest absolute Gasteiger partial charge is 0.493 e. The van der Waals surface area contributed by atoms with E-state index in [9.17, 15) is 9.59 Å². The maximum atomic E-state index is 12.4. The maximum Gasteiger partial charge on any atom is 0.335 e. The van der Waals surface area contributed by atoms with E-state index in [1.165, 1.54) is 0 Å². The van der Waals surface area contributed by atoms with Crippen LogP contribution in [0.25, 0.3) is 0 Å². The predicted molar refractivity (Wildman–Crippen MR) is 90.4 cm³/mol. The van der Waals surface area contributed by atoms with E-state index in [1.54, 1.807) is 24.3 Å². The molecule has 0 radical (unpaired) electrons. The third-order valence-corrected chi connectivity index (χ3v) is 5.24. The monoisotopic (exact) mass is 331 g/mol. The second-order valence-corrected chi connectivity index (χ2v) is 6.91. The Bertz CT molecular complexity index is 570. The molecule has 130 valence electrons. The van der Waals surface area contributed by atoms with Crippen LogP contribution in [0.4, 0.5) is 0 Å². The molecule has 0 bridgehead atoms. The Balaban J connectivity index is 1.42. The SMILES string of the molecule is O=C(O)c1ccc(OC[C@H]2CC[C@H](C(=O)[C@@H]3CCCN3)CC2)cc1. The van der Waals surface area contributed by atoms with Gasteiger partial charge in [-0.05, 0) is 75.3 Å². The van der Waals surface area contributed by atoms with Gasteiger partial charge in [-0.15, -0.1) is 0 Å². The van der Waals surface area contributed by atoms with E-state index in [2.05, 4.69) is 5.32 Å². The van der Waals surface area contributed by atoms with Gasteiger partial charge in [-0.3, -0.25) is 4.79 Å². The first kappa shape index (κ1) is 17.0. The molecular weight excluding hydrogens is 306 g/mol. The maximum absolute atomic E-state index is 12.4. The lowest BCUT2D eigenvalue weighted by Crippen LogP contribution is -2.37. The van der Waals surface area contributed by atoms with Crippen LogP contribution in [0.2, 0.25) is 0 Å². The topological polar surface area (TPSA) is 75.6 Å². The van der Waals surface area contributed by atoms with Gasteiger partial charge < -0.3 is 15.2 Å². The van der Waals surface area contributed by atoms with Gasteiger partial charge >= 0.3 is 5.97 Å². The number of hydrogen-bond donors (Lipinski definition) is 2. The normalized spacial score (nSPS) is 26.9. The number of carbonyl (C=O) groups excluding carboxylic acids is 1. The number of benzene rings is 1. The highest BCUT2D eigenvalue weighted by atomic mass is 16.5. The van der Waals surface area contributed by atoms with Crippen LogP contribution in [0.3, 0.4) is 0 Å². The molecule has 1 heterocycles. The molecule has 2 N–H and O–H groups in total. The Morgan fingerprint density at radius 1 is 1.08 bits per heavy atom. The van der Waals surface area contributed by atoms with Crippen molar-refractivity contribution in [2.75, 3.05) is 13.2 Å². The van der Waals surface area contributed by atoms with Crippen LogP contribution in [0.5, 0.6) is 5.75 Å². The zero-order valence-corrected chi connectivity index (χ0v) is 13.9. The van der Waals surface area contributed by atoms with Gasteiger partial charge in [0.1, 0.15) is 5.75 Å². The van der Waals surface area contributed by atoms with E-state index in [0.29, 0.717) is 24.1 Å². The van der Waals surface area contributed by atoms with Crippen molar-refractivity contribution < 1.29 is 19.4 Å². The predicted octanol–water partition coefficient (Wildman–Crippen LogP) is 2.89. The molecule has 1 aliphatic heterocycles. The number of ether oxygens (including phenoxy) is 1. The molecule has 1 saturated carbocycles. The Labute approximate surface area is 142 Å². The summed E-state index contributed by atoms with van der Waals surface area (Å²) >= 11 is 0. The van der Waals surface area contributed by atoms with E-state index in [-0.39, 0.29) is 17.5 Å². The molecule has 1 aliphatic carbocycles. The molecule has 1 saturated heterocycles. The second kappa shape index (κ2) is 7.79. The fourth-order valence-corrected chi connectivity index (χ4v) is 3.73. The number of carbonyl (C=O) groups is 2. The molecule has 5 heteroatoms. The van der Waals surface area contributed by atoms with E-state index in [1.807, 2.05) is 0 Å². The average Bonchev–Trinajstić information content (AvgIpc) is 3.15. The molecule has 0 aromatic heterocycles. The molecule has 0 amide bonds. The highest BCUT2D eigenvalue weighted by molar-refractivity contribution is 5.87. The summed E-state index contributed by atoms with van der Waals surface area (Å²) in [6.07, 6.45) is 6.08.